The number of benzene rings is 1. The summed E-state index contributed by atoms with van der Waals surface area (Å²) in [4.78, 5) is 20.1. The molecule has 1 aromatic carbocycles. The molecule has 2 aliphatic rings. The highest BCUT2D eigenvalue weighted by Crippen LogP contribution is 2.37. The third-order valence-electron chi connectivity index (χ3n) is 5.78. The molecule has 0 spiro atoms. The molecule has 1 aliphatic heterocycles. The Morgan fingerprint density at radius 3 is 2.66 bits per heavy atom. The number of thiocarbonyl (C=S) groups is 1. The molecule has 0 N–H and O–H groups in total. The second-order valence-electron chi connectivity index (χ2n) is 7.87. The Labute approximate surface area is 199 Å². The molecule has 3 heterocycles. The topological polar surface area (TPSA) is 67.2 Å². The van der Waals surface area contributed by atoms with Crippen molar-refractivity contribution in [1.29, 1.82) is 0 Å². The molecule has 0 bridgehead atoms. The summed E-state index contributed by atoms with van der Waals surface area (Å²) in [6.45, 7) is 2.36. The first kappa shape index (κ1) is 21.4. The van der Waals surface area contributed by atoms with Crippen molar-refractivity contribution < 1.29 is 9.53 Å². The Balaban J connectivity index is 1.27. The monoisotopic (exact) mass is 482 g/mol. The number of aromatic nitrogens is 1. The van der Waals surface area contributed by atoms with Crippen molar-refractivity contribution in [1.82, 2.24) is 9.88 Å². The first-order valence-corrected chi connectivity index (χ1v) is 12.8. The van der Waals surface area contributed by atoms with Gasteiger partial charge in [-0.2, -0.15) is 0 Å². The predicted octanol–water partition coefficient (Wildman–Crippen LogP) is 7.33. The number of azo groups is 1. The van der Waals surface area contributed by atoms with Crippen LogP contribution in [0.2, 0.25) is 0 Å². The molecular weight excluding hydrogens is 460 g/mol. The van der Waals surface area contributed by atoms with Gasteiger partial charge in [0.25, 0.3) is 11.1 Å². The largest absolute Gasteiger partial charge is 0.425 e. The van der Waals surface area contributed by atoms with Crippen molar-refractivity contribution in [2.24, 2.45) is 10.2 Å². The average Bonchev–Trinajstić information content (AvgIpc) is 3.44. The van der Waals surface area contributed by atoms with Crippen LogP contribution in [0.4, 0.5) is 10.8 Å². The summed E-state index contributed by atoms with van der Waals surface area (Å²) in [7, 11) is 0. The molecular formula is C23H22N4O2S3. The highest BCUT2D eigenvalue weighted by atomic mass is 32.1. The molecule has 2 fully saturated rings. The van der Waals surface area contributed by atoms with E-state index in [4.69, 9.17) is 17.0 Å². The van der Waals surface area contributed by atoms with Crippen LogP contribution >= 0.6 is 34.9 Å². The van der Waals surface area contributed by atoms with Crippen LogP contribution in [0.1, 0.15) is 55.4 Å². The highest BCUT2D eigenvalue weighted by Gasteiger charge is 2.32. The number of nitrogens with zero attached hydrogens (tertiary/aromatic N) is 4. The molecule has 2 aromatic heterocycles. The number of fused-ring (bicyclic) bond motifs is 1. The molecule has 0 unspecified atom stereocenters. The smallest absolute Gasteiger partial charge is 0.297 e. The molecule has 3 aromatic rings. The number of likely N-dealkylation sites (N-methyl/N-ethyl adjacent to an activating group) is 1. The van der Waals surface area contributed by atoms with Crippen LogP contribution in [-0.2, 0) is 9.53 Å². The van der Waals surface area contributed by atoms with Gasteiger partial charge in [0.05, 0.1) is 10.4 Å². The maximum atomic E-state index is 12.3. The van der Waals surface area contributed by atoms with Gasteiger partial charge in [-0.25, -0.2) is 4.98 Å². The summed E-state index contributed by atoms with van der Waals surface area (Å²) >= 11 is 8.06. The van der Waals surface area contributed by atoms with E-state index in [0.29, 0.717) is 17.6 Å². The Morgan fingerprint density at radius 1 is 1.19 bits per heavy atom. The minimum atomic E-state index is -0.203. The van der Waals surface area contributed by atoms with E-state index < -0.39 is 0 Å². The summed E-state index contributed by atoms with van der Waals surface area (Å²) in [5, 5.41) is 9.51. The van der Waals surface area contributed by atoms with Gasteiger partial charge < -0.3 is 4.74 Å². The summed E-state index contributed by atoms with van der Waals surface area (Å²) in [6, 6.07) is 10.4. The molecule has 1 amide bonds. The second-order valence-corrected chi connectivity index (χ2v) is 10.3. The Hall–Kier alpha value is -2.49. The lowest BCUT2D eigenvalue weighted by molar-refractivity contribution is -0.122. The van der Waals surface area contributed by atoms with Gasteiger partial charge in [-0.15, -0.1) is 21.6 Å². The minimum absolute atomic E-state index is 0.203. The van der Waals surface area contributed by atoms with Crippen molar-refractivity contribution in [3.8, 4) is 0 Å². The van der Waals surface area contributed by atoms with Gasteiger partial charge in [-0.3, -0.25) is 9.69 Å². The fourth-order valence-electron chi connectivity index (χ4n) is 4.11. The van der Waals surface area contributed by atoms with Gasteiger partial charge in [-0.1, -0.05) is 42.7 Å². The lowest BCUT2D eigenvalue weighted by Gasteiger charge is -2.21. The van der Waals surface area contributed by atoms with Gasteiger partial charge in [0, 0.05) is 17.5 Å². The number of ether oxygens (including phenoxy) is 1. The number of rotatable bonds is 5. The van der Waals surface area contributed by atoms with E-state index >= 15 is 0 Å². The first-order chi connectivity index (χ1) is 15.6. The average molecular weight is 483 g/mol. The number of carbonyl (C=O) groups excluding carboxylic acids is 1. The zero-order chi connectivity index (χ0) is 22.1. The standard InChI is InChI=1S/C23H22N4O2S3/c1-2-27-21(28)18(29-23(27)30)12-17-13-19-20(31-17)24-22(32-19)26-25-16-10-8-15(9-11-16)14-6-4-3-5-7-14/h8-14H,2-7H2,1H3/b18-12+,26-25?. The zero-order valence-electron chi connectivity index (χ0n) is 17.6. The van der Waals surface area contributed by atoms with Crippen molar-refractivity contribution in [2.45, 2.75) is 44.9 Å². The minimum Gasteiger partial charge on any atom is -0.425 e. The SMILES string of the molecule is CCN1C(=O)/C(=C\c2cc3sc(N=Nc4ccc(C5CCCCC5)cc4)nc3s2)OC1=S. The van der Waals surface area contributed by atoms with Crippen molar-refractivity contribution >= 4 is 72.4 Å². The van der Waals surface area contributed by atoms with Crippen LogP contribution in [0.5, 0.6) is 0 Å². The van der Waals surface area contributed by atoms with Gasteiger partial charge in [0.15, 0.2) is 5.76 Å². The van der Waals surface area contributed by atoms with Crippen LogP contribution in [0, 0.1) is 0 Å². The first-order valence-electron chi connectivity index (χ1n) is 10.8. The molecule has 6 nitrogen and oxygen atoms in total. The molecule has 9 heteroatoms. The summed E-state index contributed by atoms with van der Waals surface area (Å²) < 4.78 is 6.44. The molecule has 1 saturated heterocycles. The van der Waals surface area contributed by atoms with Crippen LogP contribution in [-0.4, -0.2) is 27.5 Å². The van der Waals surface area contributed by atoms with Gasteiger partial charge in [-0.05, 0) is 61.7 Å². The third-order valence-corrected chi connectivity index (χ3v) is 8.08. The van der Waals surface area contributed by atoms with Crippen LogP contribution in [0.25, 0.3) is 15.6 Å². The van der Waals surface area contributed by atoms with Crippen molar-refractivity contribution in [2.75, 3.05) is 6.54 Å². The Bertz CT molecular complexity index is 1190. The molecule has 0 atom stereocenters. The Kier molecular flexibility index (Phi) is 6.12. The van der Waals surface area contributed by atoms with Crippen LogP contribution in [0.3, 0.4) is 0 Å². The summed E-state index contributed by atoms with van der Waals surface area (Å²) in [6.07, 6.45) is 8.33. The highest BCUT2D eigenvalue weighted by molar-refractivity contribution is 7.80. The molecule has 32 heavy (non-hydrogen) atoms. The van der Waals surface area contributed by atoms with Gasteiger partial charge in [0.1, 0.15) is 4.83 Å². The van der Waals surface area contributed by atoms with E-state index in [1.165, 1.54) is 65.2 Å². The normalized spacial score (nSPS) is 19.0. The molecule has 5 rings (SSSR count). The number of amides is 1. The quantitative estimate of drug-likeness (QED) is 0.217. The van der Waals surface area contributed by atoms with E-state index in [2.05, 4.69) is 27.3 Å². The lowest BCUT2D eigenvalue weighted by Crippen LogP contribution is -2.27. The fourth-order valence-corrected chi connectivity index (χ4v) is 6.38. The maximum Gasteiger partial charge on any atom is 0.297 e. The zero-order valence-corrected chi connectivity index (χ0v) is 20.1. The molecule has 1 saturated carbocycles. The van der Waals surface area contributed by atoms with Crippen molar-refractivity contribution in [3.05, 3.63) is 46.5 Å². The number of hydrogen-bond acceptors (Lipinski definition) is 8. The van der Waals surface area contributed by atoms with E-state index in [-0.39, 0.29) is 16.8 Å². The Morgan fingerprint density at radius 2 is 1.97 bits per heavy atom. The van der Waals surface area contributed by atoms with Crippen LogP contribution < -0.4 is 0 Å². The molecule has 0 radical (unpaired) electrons. The number of hydrogen-bond donors (Lipinski definition) is 0. The van der Waals surface area contributed by atoms with E-state index in [1.54, 1.807) is 6.08 Å². The molecule has 1 aliphatic carbocycles. The van der Waals surface area contributed by atoms with Crippen LogP contribution in [0.15, 0.2) is 46.3 Å². The predicted molar refractivity (Wildman–Crippen MR) is 133 cm³/mol. The fraction of sp³-hybridized carbons (Fsp3) is 0.348. The van der Waals surface area contributed by atoms with Gasteiger partial charge >= 0.3 is 0 Å². The number of thiophene rings is 1. The summed E-state index contributed by atoms with van der Waals surface area (Å²) in [5.41, 5.74) is 2.24. The third kappa shape index (κ3) is 4.37. The van der Waals surface area contributed by atoms with E-state index in [1.807, 2.05) is 25.1 Å². The summed E-state index contributed by atoms with van der Waals surface area (Å²) in [5.74, 6) is 0.740. The number of carbonyl (C=O) groups is 1. The second kappa shape index (κ2) is 9.17. The maximum absolute atomic E-state index is 12.3. The number of thiazole rings is 1. The van der Waals surface area contributed by atoms with Gasteiger partial charge in [0.2, 0.25) is 5.13 Å². The lowest BCUT2D eigenvalue weighted by atomic mass is 9.84. The van der Waals surface area contributed by atoms with Crippen molar-refractivity contribution in [3.63, 3.8) is 0 Å². The van der Waals surface area contributed by atoms with E-state index in [9.17, 15) is 4.79 Å². The van der Waals surface area contributed by atoms with E-state index in [0.717, 1.165) is 20.1 Å². The molecule has 164 valence electrons.